The largest absolute Gasteiger partial charge is 0.372 e. The van der Waals surface area contributed by atoms with Crippen LogP contribution in [0.25, 0.3) is 5.69 Å². The van der Waals surface area contributed by atoms with Gasteiger partial charge in [0.15, 0.2) is 0 Å². The molecule has 0 radical (unpaired) electrons. The lowest BCUT2D eigenvalue weighted by molar-refractivity contribution is 0.174. The molecule has 1 saturated heterocycles. The summed E-state index contributed by atoms with van der Waals surface area (Å²) in [5, 5.41) is 6.78. The number of carbonyl (C=O) groups is 1. The number of nitrogens with zero attached hydrogens (tertiary/aromatic N) is 2. The zero-order chi connectivity index (χ0) is 18.3. The van der Waals surface area contributed by atoms with Crippen molar-refractivity contribution in [2.45, 2.75) is 18.4 Å². The second-order valence-corrected chi connectivity index (χ2v) is 7.27. The predicted octanol–water partition coefficient (Wildman–Crippen LogP) is 4.43. The Morgan fingerprint density at radius 3 is 2.48 bits per heavy atom. The van der Waals surface area contributed by atoms with Crippen molar-refractivity contribution in [2.24, 2.45) is 0 Å². The van der Waals surface area contributed by atoms with Crippen LogP contribution in [0.15, 0.2) is 72.9 Å². The Bertz CT molecular complexity index is 971. The number of hydrogen-bond donors (Lipinski definition) is 2. The third-order valence-electron chi connectivity index (χ3n) is 5.71. The van der Waals surface area contributed by atoms with Gasteiger partial charge in [-0.15, -0.1) is 0 Å². The molecule has 1 fully saturated rings. The third-order valence-corrected chi connectivity index (χ3v) is 5.71. The maximum atomic E-state index is 12.6. The molecule has 0 saturated carbocycles. The average molecular weight is 358 g/mol. The Labute approximate surface area is 158 Å². The monoisotopic (exact) mass is 358 g/mol. The first kappa shape index (κ1) is 16.0. The first-order valence-electron chi connectivity index (χ1n) is 9.42. The highest BCUT2D eigenvalue weighted by Crippen LogP contribution is 2.43. The van der Waals surface area contributed by atoms with E-state index in [2.05, 4.69) is 57.8 Å². The molecule has 2 aliphatic rings. The molecule has 5 heteroatoms. The Morgan fingerprint density at radius 2 is 1.67 bits per heavy atom. The Hall–Kier alpha value is -3.21. The minimum atomic E-state index is -0.124. The summed E-state index contributed by atoms with van der Waals surface area (Å²) in [7, 11) is 0. The standard InChI is InChI=1S/C22H22N4O/c27-21(23-17-7-2-1-3-8-17)25-15-12-22(13-16-25)20-11-6-14-26(20)19-10-5-4-9-18(19)24-22/h1-11,14,24H,12-13,15-16H2,(H,23,27). The van der Waals surface area contributed by atoms with Crippen molar-refractivity contribution < 1.29 is 4.79 Å². The lowest BCUT2D eigenvalue weighted by atomic mass is 9.82. The van der Waals surface area contributed by atoms with Crippen LogP contribution in [0.5, 0.6) is 0 Å². The second kappa shape index (κ2) is 6.20. The first-order chi connectivity index (χ1) is 13.3. The van der Waals surface area contributed by atoms with Crippen LogP contribution in [-0.4, -0.2) is 28.6 Å². The minimum Gasteiger partial charge on any atom is -0.372 e. The summed E-state index contributed by atoms with van der Waals surface area (Å²) in [5.74, 6) is 0. The summed E-state index contributed by atoms with van der Waals surface area (Å²) in [4.78, 5) is 14.5. The molecule has 2 aromatic carbocycles. The van der Waals surface area contributed by atoms with Gasteiger partial charge in [-0.2, -0.15) is 0 Å². The van der Waals surface area contributed by atoms with E-state index in [9.17, 15) is 4.79 Å². The van der Waals surface area contributed by atoms with Crippen LogP contribution >= 0.6 is 0 Å². The van der Waals surface area contributed by atoms with Gasteiger partial charge in [0.2, 0.25) is 0 Å². The summed E-state index contributed by atoms with van der Waals surface area (Å²) >= 11 is 0. The summed E-state index contributed by atoms with van der Waals surface area (Å²) in [6, 6.07) is 22.3. The van der Waals surface area contributed by atoms with Gasteiger partial charge < -0.3 is 20.1 Å². The fourth-order valence-corrected chi connectivity index (χ4v) is 4.29. The highest BCUT2D eigenvalue weighted by atomic mass is 16.2. The number of benzene rings is 2. The fraction of sp³-hybridized carbons (Fsp3) is 0.227. The number of amides is 2. The molecular weight excluding hydrogens is 336 g/mol. The molecule has 27 heavy (non-hydrogen) atoms. The van der Waals surface area contributed by atoms with E-state index in [1.807, 2.05) is 35.2 Å². The number of fused-ring (bicyclic) bond motifs is 4. The van der Waals surface area contributed by atoms with Gasteiger partial charge in [-0.05, 0) is 49.2 Å². The lowest BCUT2D eigenvalue weighted by Gasteiger charge is -2.46. The van der Waals surface area contributed by atoms with Crippen molar-refractivity contribution in [3.8, 4) is 5.69 Å². The van der Waals surface area contributed by atoms with E-state index < -0.39 is 0 Å². The van der Waals surface area contributed by atoms with Gasteiger partial charge >= 0.3 is 6.03 Å². The van der Waals surface area contributed by atoms with Crippen molar-refractivity contribution in [1.82, 2.24) is 9.47 Å². The number of aromatic nitrogens is 1. The van der Waals surface area contributed by atoms with E-state index >= 15 is 0 Å². The van der Waals surface area contributed by atoms with Crippen molar-refractivity contribution in [3.63, 3.8) is 0 Å². The molecule has 3 heterocycles. The van der Waals surface area contributed by atoms with Crippen LogP contribution < -0.4 is 10.6 Å². The molecule has 136 valence electrons. The molecule has 5 rings (SSSR count). The molecule has 2 aliphatic heterocycles. The number of carbonyl (C=O) groups excluding carboxylic acids is 1. The van der Waals surface area contributed by atoms with Crippen LogP contribution in [0.2, 0.25) is 0 Å². The van der Waals surface area contributed by atoms with Gasteiger partial charge in [-0.3, -0.25) is 0 Å². The molecule has 1 aromatic heterocycles. The first-order valence-corrected chi connectivity index (χ1v) is 9.42. The van der Waals surface area contributed by atoms with E-state index in [1.165, 1.54) is 11.4 Å². The zero-order valence-corrected chi connectivity index (χ0v) is 15.1. The van der Waals surface area contributed by atoms with Gasteiger partial charge in [0.1, 0.15) is 0 Å². The highest BCUT2D eigenvalue weighted by Gasteiger charge is 2.42. The summed E-state index contributed by atoms with van der Waals surface area (Å²) < 4.78 is 2.28. The molecule has 2 amide bonds. The average Bonchev–Trinajstić information content (AvgIpc) is 3.21. The van der Waals surface area contributed by atoms with Crippen molar-refractivity contribution >= 4 is 17.4 Å². The van der Waals surface area contributed by atoms with Gasteiger partial charge in [0.05, 0.1) is 16.9 Å². The number of hydrogen-bond acceptors (Lipinski definition) is 2. The van der Waals surface area contributed by atoms with E-state index in [4.69, 9.17) is 0 Å². The molecule has 0 unspecified atom stereocenters. The van der Waals surface area contributed by atoms with Crippen LogP contribution in [0.1, 0.15) is 18.5 Å². The fourth-order valence-electron chi connectivity index (χ4n) is 4.29. The smallest absolute Gasteiger partial charge is 0.321 e. The minimum absolute atomic E-state index is 0.0253. The normalized spacial score (nSPS) is 17.0. The maximum absolute atomic E-state index is 12.6. The predicted molar refractivity (Wildman–Crippen MR) is 107 cm³/mol. The zero-order valence-electron chi connectivity index (χ0n) is 15.1. The topological polar surface area (TPSA) is 49.3 Å². The van der Waals surface area contributed by atoms with Crippen LogP contribution in [0.3, 0.4) is 0 Å². The molecule has 1 spiro atoms. The second-order valence-electron chi connectivity index (χ2n) is 7.27. The molecular formula is C22H22N4O. The number of anilines is 2. The lowest BCUT2D eigenvalue weighted by Crippen LogP contribution is -2.51. The molecule has 0 bridgehead atoms. The van der Waals surface area contributed by atoms with Gasteiger partial charge in [-0.25, -0.2) is 4.79 Å². The molecule has 0 aliphatic carbocycles. The number of likely N-dealkylation sites (tertiary alicyclic amines) is 1. The summed E-state index contributed by atoms with van der Waals surface area (Å²) in [5.41, 5.74) is 4.34. The van der Waals surface area contributed by atoms with Crippen molar-refractivity contribution in [1.29, 1.82) is 0 Å². The Balaban J connectivity index is 1.35. The molecule has 3 aromatic rings. The number of rotatable bonds is 1. The van der Waals surface area contributed by atoms with Crippen LogP contribution in [-0.2, 0) is 5.54 Å². The van der Waals surface area contributed by atoms with Crippen LogP contribution in [0, 0.1) is 0 Å². The van der Waals surface area contributed by atoms with E-state index in [1.54, 1.807) is 0 Å². The quantitative estimate of drug-likeness (QED) is 0.676. The van der Waals surface area contributed by atoms with Crippen molar-refractivity contribution in [3.05, 3.63) is 78.6 Å². The van der Waals surface area contributed by atoms with E-state index in [0.717, 1.165) is 37.3 Å². The summed E-state index contributed by atoms with van der Waals surface area (Å²) in [6.07, 6.45) is 3.90. The number of nitrogens with one attached hydrogen (secondary N) is 2. The van der Waals surface area contributed by atoms with Gasteiger partial charge in [0, 0.05) is 30.7 Å². The van der Waals surface area contributed by atoms with E-state index in [0.29, 0.717) is 0 Å². The Morgan fingerprint density at radius 1 is 0.926 bits per heavy atom. The SMILES string of the molecule is O=C(Nc1ccccc1)N1CCC2(CC1)Nc1ccccc1-n1cccc12. The molecule has 5 nitrogen and oxygen atoms in total. The Kier molecular flexibility index (Phi) is 3.67. The number of urea groups is 1. The van der Waals surface area contributed by atoms with Crippen molar-refractivity contribution in [2.75, 3.05) is 23.7 Å². The molecule has 2 N–H and O–H groups in total. The number of piperidine rings is 1. The van der Waals surface area contributed by atoms with E-state index in [-0.39, 0.29) is 11.6 Å². The highest BCUT2D eigenvalue weighted by molar-refractivity contribution is 5.89. The van der Waals surface area contributed by atoms with Crippen LogP contribution in [0.4, 0.5) is 16.2 Å². The maximum Gasteiger partial charge on any atom is 0.321 e. The van der Waals surface area contributed by atoms with Gasteiger partial charge in [-0.1, -0.05) is 30.3 Å². The molecule has 0 atom stereocenters. The summed E-state index contributed by atoms with van der Waals surface area (Å²) in [6.45, 7) is 1.44. The van der Waals surface area contributed by atoms with Gasteiger partial charge in [0.25, 0.3) is 0 Å². The number of para-hydroxylation sites is 3. The third kappa shape index (κ3) is 2.67.